The van der Waals surface area contributed by atoms with Gasteiger partial charge in [0.2, 0.25) is 0 Å². The van der Waals surface area contributed by atoms with Crippen LogP contribution in [0.3, 0.4) is 0 Å². The van der Waals surface area contributed by atoms with Crippen LogP contribution in [0.25, 0.3) is 0 Å². The Kier molecular flexibility index (Phi) is 4.53. The second-order valence-electron chi connectivity index (χ2n) is 6.06. The van der Waals surface area contributed by atoms with E-state index in [4.69, 9.17) is 9.47 Å². The molecular weight excluding hydrogens is 358 g/mol. The van der Waals surface area contributed by atoms with E-state index < -0.39 is 16.0 Å². The van der Waals surface area contributed by atoms with Gasteiger partial charge in [0, 0.05) is 13.1 Å². The molecule has 1 aliphatic rings. The Hall–Kier alpha value is -2.74. The fraction of sp³-hybridized carbons (Fsp3) is 0.278. The number of aromatic carboxylic acids is 1. The smallest absolute Gasteiger partial charge is 0.339 e. The van der Waals surface area contributed by atoms with Crippen molar-refractivity contribution in [2.24, 2.45) is 0 Å². The summed E-state index contributed by atoms with van der Waals surface area (Å²) < 4.78 is 38.0. The van der Waals surface area contributed by atoms with Gasteiger partial charge >= 0.3 is 5.97 Å². The molecule has 0 atom stereocenters. The van der Waals surface area contributed by atoms with Crippen LogP contribution in [0.15, 0.2) is 35.2 Å². The van der Waals surface area contributed by atoms with Crippen molar-refractivity contribution in [1.82, 2.24) is 0 Å². The van der Waals surface area contributed by atoms with Crippen molar-refractivity contribution in [2.75, 3.05) is 24.6 Å². The molecule has 0 saturated carbocycles. The predicted octanol–water partition coefficient (Wildman–Crippen LogP) is 2.60. The lowest BCUT2D eigenvalue weighted by molar-refractivity contribution is 0.0685. The summed E-state index contributed by atoms with van der Waals surface area (Å²) in [5, 5.41) is 9.42. The maximum absolute atomic E-state index is 13.1. The second kappa shape index (κ2) is 6.53. The monoisotopic (exact) mass is 377 g/mol. The highest BCUT2D eigenvalue weighted by Gasteiger charge is 2.29. The van der Waals surface area contributed by atoms with E-state index in [1.807, 2.05) is 26.0 Å². The number of benzene rings is 2. The lowest BCUT2D eigenvalue weighted by atomic mass is 10.1. The van der Waals surface area contributed by atoms with Crippen LogP contribution < -0.4 is 13.8 Å². The van der Waals surface area contributed by atoms with Gasteiger partial charge in [-0.3, -0.25) is 4.31 Å². The number of nitrogens with zero attached hydrogens (tertiary/aromatic N) is 1. The first-order chi connectivity index (χ1) is 12.2. The summed E-state index contributed by atoms with van der Waals surface area (Å²) in [5.74, 6) is -1.11. The summed E-state index contributed by atoms with van der Waals surface area (Å²) in [4.78, 5) is 11.4. The molecule has 0 amide bonds. The molecule has 0 bridgehead atoms. The van der Waals surface area contributed by atoms with Gasteiger partial charge in [-0.2, -0.15) is 0 Å². The van der Waals surface area contributed by atoms with E-state index in [-0.39, 0.29) is 35.2 Å². The van der Waals surface area contributed by atoms with E-state index in [1.54, 1.807) is 6.07 Å². The van der Waals surface area contributed by atoms with E-state index in [0.717, 1.165) is 21.5 Å². The number of rotatable bonds is 4. The van der Waals surface area contributed by atoms with Crippen molar-refractivity contribution < 1.29 is 27.8 Å². The zero-order valence-electron chi connectivity index (χ0n) is 14.6. The highest BCUT2D eigenvalue weighted by molar-refractivity contribution is 7.92. The first kappa shape index (κ1) is 18.1. The number of aryl methyl sites for hydroxylation is 2. The standard InChI is InChI=1S/C18H19NO6S/c1-11-4-5-15(12(2)8-11)19(3)26(22,23)13-9-14(18(20)21)17-16(10-13)24-6-7-25-17/h4-5,8-10H,6-7H2,1-3H3,(H,20,21). The molecule has 0 fully saturated rings. The Morgan fingerprint density at radius 3 is 2.46 bits per heavy atom. The van der Waals surface area contributed by atoms with Crippen molar-refractivity contribution >= 4 is 21.7 Å². The molecule has 8 heteroatoms. The molecule has 1 aliphatic heterocycles. The molecule has 2 aromatic carbocycles. The summed E-state index contributed by atoms with van der Waals surface area (Å²) in [6.45, 7) is 4.18. The van der Waals surface area contributed by atoms with E-state index >= 15 is 0 Å². The average Bonchev–Trinajstić information content (AvgIpc) is 2.60. The van der Waals surface area contributed by atoms with Gasteiger partial charge in [-0.15, -0.1) is 0 Å². The Bertz CT molecular complexity index is 983. The molecule has 0 aromatic heterocycles. The Balaban J connectivity index is 2.12. The van der Waals surface area contributed by atoms with E-state index in [0.29, 0.717) is 5.69 Å². The number of anilines is 1. The fourth-order valence-corrected chi connectivity index (χ4v) is 4.19. The van der Waals surface area contributed by atoms with E-state index in [1.165, 1.54) is 13.1 Å². The predicted molar refractivity (Wildman–Crippen MR) is 95.9 cm³/mol. The van der Waals surface area contributed by atoms with Crippen LogP contribution in [0, 0.1) is 13.8 Å². The molecule has 0 saturated heterocycles. The van der Waals surface area contributed by atoms with Crippen LogP contribution in [-0.4, -0.2) is 39.8 Å². The van der Waals surface area contributed by atoms with Crippen molar-refractivity contribution in [3.05, 3.63) is 47.0 Å². The Labute approximate surface area is 151 Å². The number of carboxylic acids is 1. The van der Waals surface area contributed by atoms with Crippen molar-refractivity contribution in [1.29, 1.82) is 0 Å². The van der Waals surface area contributed by atoms with Gasteiger partial charge in [-0.1, -0.05) is 17.7 Å². The van der Waals surface area contributed by atoms with E-state index in [9.17, 15) is 18.3 Å². The zero-order valence-corrected chi connectivity index (χ0v) is 15.5. The highest BCUT2D eigenvalue weighted by atomic mass is 32.2. The number of hydrogen-bond acceptors (Lipinski definition) is 5. The van der Waals surface area contributed by atoms with Crippen LogP contribution in [0.1, 0.15) is 21.5 Å². The maximum atomic E-state index is 13.1. The SMILES string of the molecule is Cc1ccc(N(C)S(=O)(=O)c2cc3c(c(C(=O)O)c2)OCCO3)c(C)c1. The molecule has 0 unspecified atom stereocenters. The minimum Gasteiger partial charge on any atom is -0.486 e. The summed E-state index contributed by atoms with van der Waals surface area (Å²) in [5.41, 5.74) is 2.09. The molecule has 0 radical (unpaired) electrons. The average molecular weight is 377 g/mol. The van der Waals surface area contributed by atoms with Crippen LogP contribution in [0.5, 0.6) is 11.5 Å². The topological polar surface area (TPSA) is 93.1 Å². The maximum Gasteiger partial charge on any atom is 0.339 e. The van der Waals surface area contributed by atoms with Gasteiger partial charge in [0.05, 0.1) is 10.6 Å². The van der Waals surface area contributed by atoms with Crippen LogP contribution in [0.4, 0.5) is 5.69 Å². The second-order valence-corrected chi connectivity index (χ2v) is 8.03. The molecule has 26 heavy (non-hydrogen) atoms. The van der Waals surface area contributed by atoms with Crippen molar-refractivity contribution in [2.45, 2.75) is 18.7 Å². The molecule has 138 valence electrons. The third-order valence-corrected chi connectivity index (χ3v) is 5.95. The Morgan fingerprint density at radius 1 is 1.12 bits per heavy atom. The zero-order chi connectivity index (χ0) is 19.1. The van der Waals surface area contributed by atoms with Gasteiger partial charge in [-0.05, 0) is 31.5 Å². The van der Waals surface area contributed by atoms with Crippen LogP contribution >= 0.6 is 0 Å². The first-order valence-electron chi connectivity index (χ1n) is 7.95. The normalized spacial score (nSPS) is 13.3. The number of hydrogen-bond donors (Lipinski definition) is 1. The first-order valence-corrected chi connectivity index (χ1v) is 9.39. The van der Waals surface area contributed by atoms with Crippen LogP contribution in [-0.2, 0) is 10.0 Å². The van der Waals surface area contributed by atoms with E-state index in [2.05, 4.69) is 0 Å². The number of ether oxygens (including phenoxy) is 2. The minimum atomic E-state index is -3.98. The van der Waals surface area contributed by atoms with Gasteiger partial charge in [-0.25, -0.2) is 13.2 Å². The molecule has 7 nitrogen and oxygen atoms in total. The van der Waals surface area contributed by atoms with Gasteiger partial charge < -0.3 is 14.6 Å². The highest BCUT2D eigenvalue weighted by Crippen LogP contribution is 2.38. The van der Waals surface area contributed by atoms with Crippen molar-refractivity contribution in [3.8, 4) is 11.5 Å². The molecule has 2 aromatic rings. The number of carbonyl (C=O) groups is 1. The summed E-state index contributed by atoms with van der Waals surface area (Å²) in [7, 11) is -2.55. The molecular formula is C18H19NO6S. The largest absolute Gasteiger partial charge is 0.486 e. The molecule has 0 spiro atoms. The van der Waals surface area contributed by atoms with Crippen LogP contribution in [0.2, 0.25) is 0 Å². The Morgan fingerprint density at radius 2 is 1.81 bits per heavy atom. The molecule has 1 N–H and O–H groups in total. The summed E-state index contributed by atoms with van der Waals surface area (Å²) in [6, 6.07) is 7.83. The van der Waals surface area contributed by atoms with Gasteiger partial charge in [0.1, 0.15) is 18.8 Å². The molecule has 1 heterocycles. The molecule has 0 aliphatic carbocycles. The third-order valence-electron chi connectivity index (χ3n) is 4.20. The number of fused-ring (bicyclic) bond motifs is 1. The lowest BCUT2D eigenvalue weighted by Gasteiger charge is -2.24. The number of sulfonamides is 1. The van der Waals surface area contributed by atoms with Gasteiger partial charge in [0.25, 0.3) is 10.0 Å². The minimum absolute atomic E-state index is 0.0527. The quantitative estimate of drug-likeness (QED) is 0.880. The summed E-state index contributed by atoms with van der Waals surface area (Å²) in [6.07, 6.45) is 0. The number of carboxylic acid groups (broad SMARTS) is 1. The van der Waals surface area contributed by atoms with Crippen molar-refractivity contribution in [3.63, 3.8) is 0 Å². The van der Waals surface area contributed by atoms with Gasteiger partial charge in [0.15, 0.2) is 11.5 Å². The molecule has 3 rings (SSSR count). The summed E-state index contributed by atoms with van der Waals surface area (Å²) >= 11 is 0. The lowest BCUT2D eigenvalue weighted by Crippen LogP contribution is -2.28. The third kappa shape index (κ3) is 3.08. The fourth-order valence-electron chi connectivity index (χ4n) is 2.88.